The van der Waals surface area contributed by atoms with Crippen molar-refractivity contribution in [2.24, 2.45) is 0 Å². The number of sulfonamides is 1. The highest BCUT2D eigenvalue weighted by atomic mass is 32.2. The maximum Gasteiger partial charge on any atom is 0.326 e. The molecular formula is C9H17N3O7S. The number of hydrogen-bond donors (Lipinski definition) is 5. The van der Waals surface area contributed by atoms with Crippen LogP contribution in [-0.2, 0) is 19.6 Å². The van der Waals surface area contributed by atoms with Gasteiger partial charge in [-0.05, 0) is 6.42 Å². The Morgan fingerprint density at radius 1 is 1.15 bits per heavy atom. The summed E-state index contributed by atoms with van der Waals surface area (Å²) in [6.45, 7) is 0.227. The van der Waals surface area contributed by atoms with E-state index in [2.05, 4.69) is 10.0 Å². The monoisotopic (exact) mass is 311 g/mol. The van der Waals surface area contributed by atoms with Crippen LogP contribution in [0.25, 0.3) is 0 Å². The minimum atomic E-state index is -3.29. The molecule has 116 valence electrons. The summed E-state index contributed by atoms with van der Waals surface area (Å²) in [7, 11) is -3.29. The summed E-state index contributed by atoms with van der Waals surface area (Å²) in [4.78, 5) is 32.3. The third-order valence-corrected chi connectivity index (χ3v) is 2.71. The summed E-state index contributed by atoms with van der Waals surface area (Å²) < 4.78 is 23.6. The van der Waals surface area contributed by atoms with E-state index in [0.29, 0.717) is 6.42 Å². The summed E-state index contributed by atoms with van der Waals surface area (Å²) in [5.74, 6) is -2.81. The zero-order valence-electron chi connectivity index (χ0n) is 10.7. The van der Waals surface area contributed by atoms with Crippen molar-refractivity contribution < 1.29 is 33.0 Å². The van der Waals surface area contributed by atoms with Crippen molar-refractivity contribution in [2.45, 2.75) is 18.9 Å². The molecular weight excluding hydrogens is 294 g/mol. The molecule has 0 heterocycles. The van der Waals surface area contributed by atoms with Gasteiger partial charge in [0.15, 0.2) is 0 Å². The molecule has 0 unspecified atom stereocenters. The summed E-state index contributed by atoms with van der Waals surface area (Å²) in [6, 6.07) is -2.36. The molecule has 0 aliphatic rings. The molecule has 0 bridgehead atoms. The van der Waals surface area contributed by atoms with E-state index in [9.17, 15) is 22.8 Å². The smallest absolute Gasteiger partial charge is 0.326 e. The van der Waals surface area contributed by atoms with Gasteiger partial charge in [-0.2, -0.15) is 0 Å². The maximum absolute atomic E-state index is 11.3. The Hall–Kier alpha value is -1.88. The minimum absolute atomic E-state index is 0.105. The van der Waals surface area contributed by atoms with Gasteiger partial charge in [0, 0.05) is 13.1 Å². The molecule has 0 saturated carbocycles. The molecule has 0 aromatic heterocycles. The van der Waals surface area contributed by atoms with E-state index < -0.39 is 40.5 Å². The molecule has 0 fully saturated rings. The molecule has 0 aliphatic heterocycles. The highest BCUT2D eigenvalue weighted by Gasteiger charge is 2.22. The van der Waals surface area contributed by atoms with Gasteiger partial charge >= 0.3 is 18.0 Å². The van der Waals surface area contributed by atoms with Gasteiger partial charge in [0.1, 0.15) is 6.04 Å². The van der Waals surface area contributed by atoms with Gasteiger partial charge < -0.3 is 20.8 Å². The number of urea groups is 1. The molecule has 0 radical (unpaired) electrons. The number of carbonyl (C=O) groups excluding carboxylic acids is 1. The van der Waals surface area contributed by atoms with Gasteiger partial charge in [-0.1, -0.05) is 0 Å². The number of amides is 2. The van der Waals surface area contributed by atoms with Crippen LogP contribution in [0.15, 0.2) is 0 Å². The van der Waals surface area contributed by atoms with Crippen LogP contribution in [0.1, 0.15) is 12.8 Å². The lowest BCUT2D eigenvalue weighted by Gasteiger charge is -2.13. The molecule has 0 aromatic carbocycles. The highest BCUT2D eigenvalue weighted by Crippen LogP contribution is 1.92. The van der Waals surface area contributed by atoms with Crippen LogP contribution in [0.2, 0.25) is 0 Å². The van der Waals surface area contributed by atoms with E-state index in [4.69, 9.17) is 10.2 Å². The summed E-state index contributed by atoms with van der Waals surface area (Å²) in [5, 5.41) is 21.4. The van der Waals surface area contributed by atoms with Crippen LogP contribution in [0.3, 0.4) is 0 Å². The first-order valence-electron chi connectivity index (χ1n) is 5.55. The van der Waals surface area contributed by atoms with Crippen molar-refractivity contribution >= 4 is 28.0 Å². The molecule has 0 aromatic rings. The third-order valence-electron chi connectivity index (χ3n) is 1.99. The van der Waals surface area contributed by atoms with Gasteiger partial charge in [-0.15, -0.1) is 0 Å². The molecule has 0 saturated heterocycles. The quantitative estimate of drug-likeness (QED) is 0.312. The Balaban J connectivity index is 3.97. The van der Waals surface area contributed by atoms with E-state index >= 15 is 0 Å². The molecule has 11 heteroatoms. The van der Waals surface area contributed by atoms with Crippen LogP contribution in [0, 0.1) is 0 Å². The van der Waals surface area contributed by atoms with Crippen LogP contribution in [0.5, 0.6) is 0 Å². The zero-order valence-corrected chi connectivity index (χ0v) is 11.6. The maximum atomic E-state index is 11.3. The van der Waals surface area contributed by atoms with Crippen LogP contribution in [-0.4, -0.2) is 62.0 Å². The summed E-state index contributed by atoms with van der Waals surface area (Å²) in [6.07, 6.45) is 0.562. The average Bonchev–Trinajstić information content (AvgIpc) is 2.25. The van der Waals surface area contributed by atoms with Crippen molar-refractivity contribution in [3.63, 3.8) is 0 Å². The van der Waals surface area contributed by atoms with Crippen LogP contribution < -0.4 is 15.4 Å². The first kappa shape index (κ1) is 18.1. The summed E-state index contributed by atoms with van der Waals surface area (Å²) >= 11 is 0. The Kier molecular flexibility index (Phi) is 7.54. The topological polar surface area (TPSA) is 162 Å². The minimum Gasteiger partial charge on any atom is -0.481 e. The fourth-order valence-corrected chi connectivity index (χ4v) is 1.65. The fourth-order valence-electron chi connectivity index (χ4n) is 1.13. The second kappa shape index (κ2) is 8.32. The molecule has 2 amide bonds. The fraction of sp³-hybridized carbons (Fsp3) is 0.667. The molecule has 20 heavy (non-hydrogen) atoms. The number of carboxylic acid groups (broad SMARTS) is 2. The standard InChI is InChI=1S/C9H17N3O7S/c1-20(18,19)11-4-2-3-10-9(17)12-6(8(15)16)5-7(13)14/h6,11H,2-5H2,1H3,(H,13,14)(H,15,16)(H2,10,12,17)/t6-/m0/s1. The van der Waals surface area contributed by atoms with E-state index in [-0.39, 0.29) is 13.1 Å². The van der Waals surface area contributed by atoms with Gasteiger partial charge in [0.05, 0.1) is 12.7 Å². The number of nitrogens with one attached hydrogen (secondary N) is 3. The summed E-state index contributed by atoms with van der Waals surface area (Å²) in [5.41, 5.74) is 0. The average molecular weight is 311 g/mol. The van der Waals surface area contributed by atoms with Crippen LogP contribution >= 0.6 is 0 Å². The van der Waals surface area contributed by atoms with Crippen molar-refractivity contribution in [1.29, 1.82) is 0 Å². The van der Waals surface area contributed by atoms with Crippen molar-refractivity contribution in [1.82, 2.24) is 15.4 Å². The number of hydrogen-bond acceptors (Lipinski definition) is 5. The lowest BCUT2D eigenvalue weighted by molar-refractivity contribution is -0.145. The van der Waals surface area contributed by atoms with Gasteiger partial charge in [-0.25, -0.2) is 22.7 Å². The van der Waals surface area contributed by atoms with E-state index in [0.717, 1.165) is 6.26 Å². The Morgan fingerprint density at radius 2 is 1.75 bits per heavy atom. The normalized spacial score (nSPS) is 12.4. The van der Waals surface area contributed by atoms with Crippen LogP contribution in [0.4, 0.5) is 4.79 Å². The van der Waals surface area contributed by atoms with E-state index in [1.165, 1.54) is 0 Å². The number of rotatable bonds is 9. The molecule has 0 rings (SSSR count). The molecule has 5 N–H and O–H groups in total. The molecule has 0 aliphatic carbocycles. The number of aliphatic carboxylic acids is 2. The van der Waals surface area contributed by atoms with E-state index in [1.54, 1.807) is 0 Å². The Labute approximate surface area is 115 Å². The highest BCUT2D eigenvalue weighted by molar-refractivity contribution is 7.88. The van der Waals surface area contributed by atoms with Crippen molar-refractivity contribution in [3.05, 3.63) is 0 Å². The second-order valence-corrected chi connectivity index (χ2v) is 5.74. The van der Waals surface area contributed by atoms with Gasteiger partial charge in [0.2, 0.25) is 10.0 Å². The third kappa shape index (κ3) is 10.1. The van der Waals surface area contributed by atoms with E-state index in [1.807, 2.05) is 5.32 Å². The number of carboxylic acids is 2. The zero-order chi connectivity index (χ0) is 15.8. The molecule has 0 spiro atoms. The Bertz CT molecular complexity index is 462. The van der Waals surface area contributed by atoms with Crippen molar-refractivity contribution in [2.75, 3.05) is 19.3 Å². The van der Waals surface area contributed by atoms with Crippen molar-refractivity contribution in [3.8, 4) is 0 Å². The van der Waals surface area contributed by atoms with Gasteiger partial charge in [-0.3, -0.25) is 4.79 Å². The predicted molar refractivity (Wildman–Crippen MR) is 67.7 cm³/mol. The lowest BCUT2D eigenvalue weighted by atomic mass is 10.2. The second-order valence-electron chi connectivity index (χ2n) is 3.91. The van der Waals surface area contributed by atoms with Gasteiger partial charge in [0.25, 0.3) is 0 Å². The Morgan fingerprint density at radius 3 is 2.20 bits per heavy atom. The first-order chi connectivity index (χ1) is 9.11. The first-order valence-corrected chi connectivity index (χ1v) is 7.44. The lowest BCUT2D eigenvalue weighted by Crippen LogP contribution is -2.47. The number of carbonyl (C=O) groups is 3. The molecule has 1 atom stereocenters. The molecule has 10 nitrogen and oxygen atoms in total. The predicted octanol–water partition coefficient (Wildman–Crippen LogP) is -1.85. The largest absolute Gasteiger partial charge is 0.481 e. The SMILES string of the molecule is CS(=O)(=O)NCCCNC(=O)N[C@@H](CC(=O)O)C(=O)O.